The van der Waals surface area contributed by atoms with Crippen LogP contribution in [0.3, 0.4) is 0 Å². The Morgan fingerprint density at radius 1 is 1.27 bits per heavy atom. The molecule has 0 radical (unpaired) electrons. The van der Waals surface area contributed by atoms with Crippen molar-refractivity contribution in [3.63, 3.8) is 0 Å². The van der Waals surface area contributed by atoms with Gasteiger partial charge in [-0.2, -0.15) is 5.26 Å². The maximum atomic E-state index is 11.5. The van der Waals surface area contributed by atoms with E-state index in [4.69, 9.17) is 14.8 Å². The molecule has 0 saturated heterocycles. The fourth-order valence-corrected chi connectivity index (χ4v) is 1.06. The predicted octanol–water partition coefficient (Wildman–Crippen LogP) is 1.39. The van der Waals surface area contributed by atoms with Crippen LogP contribution in [0.1, 0.15) is 6.92 Å². The van der Waals surface area contributed by atoms with Gasteiger partial charge in [-0.25, -0.2) is 14.3 Å². The second kappa shape index (κ2) is 10.5. The number of rotatable bonds is 2. The summed E-state index contributed by atoms with van der Waals surface area (Å²) in [5.41, 5.74) is 0. The Balaban J connectivity index is 0. The molecule has 0 aromatic rings. The lowest BCUT2D eigenvalue weighted by molar-refractivity contribution is -0.485. The number of halogens is 4. The normalized spacial score (nSPS) is 9.64. The Kier molecular flexibility index (Phi) is 10.6. The van der Waals surface area contributed by atoms with E-state index in [1.165, 1.54) is 0 Å². The summed E-state index contributed by atoms with van der Waals surface area (Å²) in [6.45, 7) is 1.71. The van der Waals surface area contributed by atoms with Crippen molar-refractivity contribution in [2.75, 3.05) is 41.3 Å². The second-order valence-electron chi connectivity index (χ2n) is 4.05. The van der Waals surface area contributed by atoms with E-state index in [1.54, 1.807) is 44.6 Å². The molecule has 0 unspecified atom stereocenters. The van der Waals surface area contributed by atoms with E-state index in [0.29, 0.717) is 6.02 Å². The van der Waals surface area contributed by atoms with E-state index in [2.05, 4.69) is 0 Å². The van der Waals surface area contributed by atoms with Crippen LogP contribution < -0.4 is 0 Å². The molecule has 7 nitrogen and oxygen atoms in total. The lowest BCUT2D eigenvalue weighted by Gasteiger charge is -2.19. The van der Waals surface area contributed by atoms with Crippen LogP contribution in [0.2, 0.25) is 0 Å². The molecule has 0 rings (SSSR count). The maximum Gasteiger partial charge on any atom is 0.673 e. The van der Waals surface area contributed by atoms with E-state index in [1.807, 2.05) is 6.07 Å². The van der Waals surface area contributed by atoms with Crippen LogP contribution in [-0.4, -0.2) is 75.3 Å². The first-order chi connectivity index (χ1) is 9.93. The molecule has 0 atom stereocenters. The van der Waals surface area contributed by atoms with Crippen LogP contribution >= 0.6 is 0 Å². The SMILES string of the molecule is CCOC(=O)N(CC#N)OC(N(C)C)=[N+](C)C.F[B-](F)(F)F. The first-order valence-corrected chi connectivity index (χ1v) is 6.02. The van der Waals surface area contributed by atoms with Crippen LogP contribution in [0.25, 0.3) is 0 Å². The van der Waals surface area contributed by atoms with Crippen molar-refractivity contribution in [2.45, 2.75) is 6.92 Å². The number of hydroxylamine groups is 2. The number of nitriles is 1. The minimum absolute atomic E-state index is 0.204. The molecule has 0 aromatic carbocycles. The highest BCUT2D eigenvalue weighted by Crippen LogP contribution is 2.06. The summed E-state index contributed by atoms with van der Waals surface area (Å²) in [6, 6.07) is 2.26. The Hall–Kier alpha value is -2.19. The summed E-state index contributed by atoms with van der Waals surface area (Å²) in [7, 11) is 1.08. The van der Waals surface area contributed by atoms with Crippen molar-refractivity contribution in [3.05, 3.63) is 0 Å². The largest absolute Gasteiger partial charge is 0.673 e. The van der Waals surface area contributed by atoms with Crippen molar-refractivity contribution in [2.24, 2.45) is 0 Å². The molecule has 1 amide bonds. The van der Waals surface area contributed by atoms with Gasteiger partial charge in [0.1, 0.15) is 6.54 Å². The molecule has 0 N–H and O–H groups in total. The molecule has 128 valence electrons. The van der Waals surface area contributed by atoms with Crippen molar-refractivity contribution in [1.82, 2.24) is 9.96 Å². The van der Waals surface area contributed by atoms with Crippen LogP contribution in [0.15, 0.2) is 0 Å². The van der Waals surface area contributed by atoms with E-state index >= 15 is 0 Å². The molecule has 0 aliphatic rings. The molecule has 0 bridgehead atoms. The van der Waals surface area contributed by atoms with Crippen molar-refractivity contribution in [3.8, 4) is 6.07 Å². The maximum absolute atomic E-state index is 11.5. The number of amidine groups is 1. The van der Waals surface area contributed by atoms with Gasteiger partial charge in [0.2, 0.25) is 0 Å². The van der Waals surface area contributed by atoms with Gasteiger partial charge in [0, 0.05) is 0 Å². The van der Waals surface area contributed by atoms with Gasteiger partial charge in [-0.15, -0.1) is 5.06 Å². The summed E-state index contributed by atoms with van der Waals surface area (Å²) in [5.74, 6) is 0. The highest BCUT2D eigenvalue weighted by Gasteiger charge is 2.24. The van der Waals surface area contributed by atoms with Gasteiger partial charge in [-0.3, -0.25) is 4.84 Å². The van der Waals surface area contributed by atoms with Crippen LogP contribution in [0, 0.1) is 11.3 Å². The van der Waals surface area contributed by atoms with Crippen LogP contribution in [-0.2, 0) is 9.57 Å². The first-order valence-electron chi connectivity index (χ1n) is 6.02. The molecule has 0 saturated carbocycles. The number of carbonyl (C=O) groups excluding carboxylic acids is 1. The second-order valence-corrected chi connectivity index (χ2v) is 4.05. The quantitative estimate of drug-likeness (QED) is 0.146. The third-order valence-electron chi connectivity index (χ3n) is 1.64. The summed E-state index contributed by atoms with van der Waals surface area (Å²) >= 11 is 0. The lowest BCUT2D eigenvalue weighted by Crippen LogP contribution is -2.42. The topological polar surface area (TPSA) is 68.8 Å². The highest BCUT2D eigenvalue weighted by atomic mass is 19.5. The van der Waals surface area contributed by atoms with Gasteiger partial charge in [0.05, 0.1) is 40.9 Å². The number of amides is 1. The molecule has 12 heteroatoms. The third kappa shape index (κ3) is 12.8. The first kappa shape index (κ1) is 22.1. The molecule has 0 heterocycles. The monoisotopic (exact) mass is 330 g/mol. The lowest BCUT2D eigenvalue weighted by atomic mass is 10.3. The van der Waals surface area contributed by atoms with Gasteiger partial charge in [0.25, 0.3) is 0 Å². The molecule has 0 aliphatic heterocycles. The van der Waals surface area contributed by atoms with E-state index < -0.39 is 13.3 Å². The summed E-state index contributed by atoms with van der Waals surface area (Å²) in [4.78, 5) is 18.5. The van der Waals surface area contributed by atoms with E-state index in [0.717, 1.165) is 5.06 Å². The molecular formula is C10H19BF4N4O3. The third-order valence-corrected chi connectivity index (χ3v) is 1.64. The standard InChI is InChI=1S/C10H19N4O3.BF4/c1-6-16-10(15)14(8-7-11)17-9(12(2)3)13(4)5;2-1(3,4)5/h6,8H2,1-5H3;/q+1;-1. The van der Waals surface area contributed by atoms with Gasteiger partial charge >= 0.3 is 19.4 Å². The Bertz CT molecular complexity index is 413. The smallest absolute Gasteiger partial charge is 0.448 e. The Morgan fingerprint density at radius 3 is 2.00 bits per heavy atom. The summed E-state index contributed by atoms with van der Waals surface area (Å²) in [5, 5.41) is 9.50. The molecule has 0 spiro atoms. The van der Waals surface area contributed by atoms with Crippen molar-refractivity contribution >= 4 is 19.4 Å². The number of carbonyl (C=O) groups is 1. The van der Waals surface area contributed by atoms with E-state index in [9.17, 15) is 22.1 Å². The zero-order valence-corrected chi connectivity index (χ0v) is 13.0. The molecule has 0 aliphatic carbocycles. The predicted molar refractivity (Wildman–Crippen MR) is 71.4 cm³/mol. The minimum Gasteiger partial charge on any atom is -0.448 e. The Labute approximate surface area is 126 Å². The number of ether oxygens (including phenoxy) is 1. The van der Waals surface area contributed by atoms with Gasteiger partial charge < -0.3 is 22.0 Å². The van der Waals surface area contributed by atoms with Crippen LogP contribution in [0.4, 0.5) is 22.1 Å². The summed E-state index contributed by atoms with van der Waals surface area (Å²) < 4.78 is 45.5. The van der Waals surface area contributed by atoms with Crippen LogP contribution in [0.5, 0.6) is 0 Å². The number of hydrogen-bond donors (Lipinski definition) is 0. The molecule has 0 aromatic heterocycles. The van der Waals surface area contributed by atoms with Crippen molar-refractivity contribution in [1.29, 1.82) is 5.26 Å². The minimum atomic E-state index is -6.00. The number of hydrogen-bond acceptors (Lipinski definition) is 4. The molecule has 0 fully saturated rings. The fourth-order valence-electron chi connectivity index (χ4n) is 1.06. The van der Waals surface area contributed by atoms with Gasteiger partial charge in [-0.05, 0) is 6.92 Å². The molecule has 22 heavy (non-hydrogen) atoms. The zero-order chi connectivity index (χ0) is 17.9. The zero-order valence-electron chi connectivity index (χ0n) is 13.0. The average Bonchev–Trinajstić information content (AvgIpc) is 2.31. The van der Waals surface area contributed by atoms with Gasteiger partial charge in [-0.1, -0.05) is 0 Å². The average molecular weight is 330 g/mol. The summed E-state index contributed by atoms with van der Waals surface area (Å²) in [6.07, 6.45) is -0.685. The fraction of sp³-hybridized carbons (Fsp3) is 0.700. The van der Waals surface area contributed by atoms with Gasteiger partial charge in [0.15, 0.2) is 0 Å². The number of nitrogens with zero attached hydrogens (tertiary/aromatic N) is 4. The molecular weight excluding hydrogens is 311 g/mol. The Morgan fingerprint density at radius 2 is 1.73 bits per heavy atom. The highest BCUT2D eigenvalue weighted by molar-refractivity contribution is 6.50. The van der Waals surface area contributed by atoms with E-state index in [-0.39, 0.29) is 13.2 Å². The van der Waals surface area contributed by atoms with Crippen molar-refractivity contribution < 1.29 is 36.2 Å².